The minimum Gasteiger partial charge on any atom is -0.415 e. The van der Waals surface area contributed by atoms with Gasteiger partial charge < -0.3 is 9.32 Å². The first-order valence-corrected chi connectivity index (χ1v) is 9.78. The summed E-state index contributed by atoms with van der Waals surface area (Å²) < 4.78 is 46.0. The molecule has 0 spiro atoms. The van der Waals surface area contributed by atoms with Crippen molar-refractivity contribution in [2.24, 2.45) is 0 Å². The lowest BCUT2D eigenvalue weighted by molar-refractivity contribution is 0.116. The predicted octanol–water partition coefficient (Wildman–Crippen LogP) is 4.23. The summed E-state index contributed by atoms with van der Waals surface area (Å²) in [4.78, 5) is 6.04. The molecule has 4 rings (SSSR count). The lowest BCUT2D eigenvalue weighted by Crippen LogP contribution is -2.11. The third-order valence-corrected chi connectivity index (χ3v) is 4.93. The quantitative estimate of drug-likeness (QED) is 0.405. The topological polar surface area (TPSA) is 85.8 Å². The first kappa shape index (κ1) is 21.9. The number of hydrogen-bond donors (Lipinski definition) is 0. The van der Waals surface area contributed by atoms with Crippen LogP contribution in [0.1, 0.15) is 23.6 Å². The van der Waals surface area contributed by atoms with E-state index in [9.17, 15) is 13.2 Å². The van der Waals surface area contributed by atoms with Crippen LogP contribution in [0.15, 0.2) is 41.1 Å². The van der Waals surface area contributed by atoms with Gasteiger partial charge in [-0.15, -0.1) is 15.3 Å². The Labute approximate surface area is 185 Å². The molecule has 3 aromatic heterocycles. The van der Waals surface area contributed by atoms with Gasteiger partial charge in [-0.2, -0.15) is 8.78 Å². The van der Waals surface area contributed by atoms with Crippen molar-refractivity contribution in [1.82, 2.24) is 35.1 Å². The van der Waals surface area contributed by atoms with Gasteiger partial charge >= 0.3 is 6.43 Å². The highest BCUT2D eigenvalue weighted by Crippen LogP contribution is 2.30. The summed E-state index contributed by atoms with van der Waals surface area (Å²) >= 11 is 6.54. The monoisotopic (exact) mass is 463 g/mol. The third kappa shape index (κ3) is 4.63. The van der Waals surface area contributed by atoms with Crippen LogP contribution in [-0.4, -0.2) is 49.2 Å². The molecular formula is C20H17ClF3N7O. The van der Waals surface area contributed by atoms with E-state index in [0.717, 1.165) is 11.6 Å². The molecule has 3 heterocycles. The van der Waals surface area contributed by atoms with Gasteiger partial charge in [0.1, 0.15) is 11.5 Å². The van der Waals surface area contributed by atoms with Crippen molar-refractivity contribution in [1.29, 1.82) is 0 Å². The summed E-state index contributed by atoms with van der Waals surface area (Å²) in [6, 6.07) is 6.74. The minimum atomic E-state index is -2.91. The van der Waals surface area contributed by atoms with E-state index >= 15 is 0 Å². The number of benzene rings is 1. The van der Waals surface area contributed by atoms with E-state index in [0.29, 0.717) is 22.8 Å². The molecule has 0 unspecified atom stereocenters. The molecule has 0 atom stereocenters. The molecule has 0 aliphatic carbocycles. The van der Waals surface area contributed by atoms with Crippen molar-refractivity contribution >= 4 is 11.6 Å². The number of nitrogens with zero attached hydrogens (tertiary/aromatic N) is 7. The van der Waals surface area contributed by atoms with Crippen molar-refractivity contribution in [3.8, 4) is 22.7 Å². The fraction of sp³-hybridized carbons (Fsp3) is 0.250. The maximum Gasteiger partial charge on any atom is 0.314 e. The molecule has 32 heavy (non-hydrogen) atoms. The average molecular weight is 464 g/mol. The van der Waals surface area contributed by atoms with Gasteiger partial charge in [0.25, 0.3) is 5.89 Å². The van der Waals surface area contributed by atoms with E-state index in [2.05, 4.69) is 25.5 Å². The smallest absolute Gasteiger partial charge is 0.314 e. The zero-order valence-corrected chi connectivity index (χ0v) is 17.8. The van der Waals surface area contributed by atoms with Gasteiger partial charge in [0.2, 0.25) is 5.89 Å². The van der Waals surface area contributed by atoms with Crippen LogP contribution in [0.4, 0.5) is 13.2 Å². The number of rotatable bonds is 7. The zero-order valence-electron chi connectivity index (χ0n) is 17.0. The Hall–Kier alpha value is -3.31. The van der Waals surface area contributed by atoms with Gasteiger partial charge in [-0.3, -0.25) is 4.98 Å². The van der Waals surface area contributed by atoms with Gasteiger partial charge in [0.05, 0.1) is 29.0 Å². The van der Waals surface area contributed by atoms with Crippen molar-refractivity contribution in [3.05, 3.63) is 64.6 Å². The Morgan fingerprint density at radius 3 is 2.69 bits per heavy atom. The molecule has 8 nitrogen and oxygen atoms in total. The molecule has 166 valence electrons. The van der Waals surface area contributed by atoms with Crippen molar-refractivity contribution in [3.63, 3.8) is 0 Å². The molecule has 4 aromatic rings. The second-order valence-corrected chi connectivity index (χ2v) is 7.59. The van der Waals surface area contributed by atoms with Gasteiger partial charge in [0, 0.05) is 18.3 Å². The predicted molar refractivity (Wildman–Crippen MR) is 109 cm³/mol. The lowest BCUT2D eigenvalue weighted by atomic mass is 10.1. The summed E-state index contributed by atoms with van der Waals surface area (Å²) in [6.07, 6.45) is -0.00430. The molecule has 12 heteroatoms. The molecule has 0 saturated carbocycles. The van der Waals surface area contributed by atoms with Crippen LogP contribution in [0.25, 0.3) is 22.7 Å². The SMILES string of the molecule is CN(C)Cc1cccc(-c2cn(Cc3ncc(-c4nnc(C(F)F)o4)cc3F)nn2)c1Cl. The summed E-state index contributed by atoms with van der Waals surface area (Å²) in [5.41, 5.74) is 2.37. The third-order valence-electron chi connectivity index (χ3n) is 4.48. The first-order chi connectivity index (χ1) is 15.3. The van der Waals surface area contributed by atoms with Crippen molar-refractivity contribution in [2.45, 2.75) is 19.5 Å². The summed E-state index contributed by atoms with van der Waals surface area (Å²) in [7, 11) is 3.89. The van der Waals surface area contributed by atoms with E-state index in [1.54, 1.807) is 6.20 Å². The van der Waals surface area contributed by atoms with Crippen molar-refractivity contribution in [2.75, 3.05) is 14.1 Å². The fourth-order valence-corrected chi connectivity index (χ4v) is 3.31. The van der Waals surface area contributed by atoms with Crippen LogP contribution in [0.5, 0.6) is 0 Å². The van der Waals surface area contributed by atoms with E-state index in [4.69, 9.17) is 16.0 Å². The minimum absolute atomic E-state index is 0.000236. The Morgan fingerprint density at radius 1 is 1.19 bits per heavy atom. The molecule has 0 saturated heterocycles. The molecule has 0 aliphatic rings. The number of aromatic nitrogens is 6. The maximum atomic E-state index is 14.6. The second kappa shape index (κ2) is 9.05. The first-order valence-electron chi connectivity index (χ1n) is 9.40. The van der Waals surface area contributed by atoms with E-state index < -0.39 is 18.1 Å². The zero-order chi connectivity index (χ0) is 22.8. The Bertz CT molecular complexity index is 1240. The fourth-order valence-electron chi connectivity index (χ4n) is 3.03. The Balaban J connectivity index is 1.54. The van der Waals surface area contributed by atoms with Gasteiger partial charge in [-0.1, -0.05) is 35.0 Å². The number of halogens is 4. The molecular weight excluding hydrogens is 447 g/mol. The number of hydrogen-bond acceptors (Lipinski definition) is 7. The highest BCUT2D eigenvalue weighted by Gasteiger charge is 2.19. The maximum absolute atomic E-state index is 14.6. The van der Waals surface area contributed by atoms with Gasteiger partial charge in [-0.05, 0) is 25.7 Å². The number of pyridine rings is 1. The standard InChI is InChI=1S/C20H17ClF3N7O/c1-30(2)8-11-4-3-5-13(17(11)21)15-9-31(29-26-15)10-16-14(22)6-12(7-25-16)19-27-28-20(32-19)18(23)24/h3-7,9,18H,8,10H2,1-2H3. The molecule has 0 fully saturated rings. The van der Waals surface area contributed by atoms with Crippen LogP contribution < -0.4 is 0 Å². The van der Waals surface area contributed by atoms with E-state index in [1.165, 1.54) is 10.9 Å². The van der Waals surface area contributed by atoms with Crippen LogP contribution >= 0.6 is 11.6 Å². The largest absolute Gasteiger partial charge is 0.415 e. The van der Waals surface area contributed by atoms with Crippen molar-refractivity contribution < 1.29 is 17.6 Å². The molecule has 0 bridgehead atoms. The Morgan fingerprint density at radius 2 is 2.00 bits per heavy atom. The number of alkyl halides is 2. The van der Waals surface area contributed by atoms with E-state index in [1.807, 2.05) is 37.2 Å². The molecule has 0 aliphatic heterocycles. The highest BCUT2D eigenvalue weighted by atomic mass is 35.5. The van der Waals surface area contributed by atoms with Crippen LogP contribution in [0.3, 0.4) is 0 Å². The van der Waals surface area contributed by atoms with Crippen LogP contribution in [0.2, 0.25) is 5.02 Å². The summed E-state index contributed by atoms with van der Waals surface area (Å²) in [5, 5.41) is 15.4. The normalized spacial score (nSPS) is 11.6. The van der Waals surface area contributed by atoms with Gasteiger partial charge in [-0.25, -0.2) is 9.07 Å². The van der Waals surface area contributed by atoms with Crippen LogP contribution in [-0.2, 0) is 13.1 Å². The van der Waals surface area contributed by atoms with Crippen LogP contribution in [0, 0.1) is 5.82 Å². The van der Waals surface area contributed by atoms with E-state index in [-0.39, 0.29) is 23.7 Å². The summed E-state index contributed by atoms with van der Waals surface area (Å²) in [5.74, 6) is -1.76. The highest BCUT2D eigenvalue weighted by molar-refractivity contribution is 6.34. The molecule has 1 aromatic carbocycles. The van der Waals surface area contributed by atoms with Gasteiger partial charge in [0.15, 0.2) is 0 Å². The molecule has 0 N–H and O–H groups in total. The summed E-state index contributed by atoms with van der Waals surface area (Å²) in [6.45, 7) is 0.668. The Kier molecular flexibility index (Phi) is 6.19. The average Bonchev–Trinajstić information content (AvgIpc) is 3.41. The second-order valence-electron chi connectivity index (χ2n) is 7.22. The molecule has 0 radical (unpaired) electrons. The molecule has 0 amide bonds. The lowest BCUT2D eigenvalue weighted by Gasteiger charge is -2.12.